The summed E-state index contributed by atoms with van der Waals surface area (Å²) in [5.41, 5.74) is 2.03. The average Bonchev–Trinajstić information content (AvgIpc) is 3.06. The first kappa shape index (κ1) is 17.8. The van der Waals surface area contributed by atoms with Crippen LogP contribution < -0.4 is 10.2 Å². The standard InChI is InChI=1S/C21H31N3O2/c25-20(14-21(26)9-3-10-22-16-21)23-11-6-17(7-12-23)15-24-13-8-18-4-1-2-5-19(18)24/h1-2,4-5,17,22,26H,3,6-16H2. The van der Waals surface area contributed by atoms with Crippen molar-refractivity contribution in [3.63, 3.8) is 0 Å². The van der Waals surface area contributed by atoms with Gasteiger partial charge < -0.3 is 20.2 Å². The minimum atomic E-state index is -0.842. The zero-order valence-corrected chi connectivity index (χ0v) is 15.6. The molecule has 1 atom stereocenters. The van der Waals surface area contributed by atoms with Gasteiger partial charge in [0, 0.05) is 38.4 Å². The van der Waals surface area contributed by atoms with Crippen LogP contribution in [-0.2, 0) is 11.2 Å². The van der Waals surface area contributed by atoms with E-state index in [0.717, 1.165) is 64.8 Å². The Balaban J connectivity index is 1.26. The van der Waals surface area contributed by atoms with Crippen molar-refractivity contribution in [1.82, 2.24) is 10.2 Å². The van der Waals surface area contributed by atoms with Gasteiger partial charge in [0.2, 0.25) is 5.91 Å². The Morgan fingerprint density at radius 1 is 1.23 bits per heavy atom. The lowest BCUT2D eigenvalue weighted by atomic mass is 9.89. The molecule has 0 spiro atoms. The molecule has 26 heavy (non-hydrogen) atoms. The number of β-amino-alcohol motifs (C(OH)–C–C–N with tert-alkyl or cyclic N) is 1. The smallest absolute Gasteiger partial charge is 0.225 e. The maximum atomic E-state index is 12.6. The van der Waals surface area contributed by atoms with Gasteiger partial charge in [-0.3, -0.25) is 4.79 Å². The van der Waals surface area contributed by atoms with Gasteiger partial charge in [0.1, 0.15) is 0 Å². The molecular formula is C21H31N3O2. The van der Waals surface area contributed by atoms with E-state index in [1.54, 1.807) is 0 Å². The second-order valence-electron chi connectivity index (χ2n) is 8.33. The lowest BCUT2D eigenvalue weighted by Crippen LogP contribution is -2.50. The average molecular weight is 357 g/mol. The number of fused-ring (bicyclic) bond motifs is 1. The van der Waals surface area contributed by atoms with Crippen molar-refractivity contribution in [1.29, 1.82) is 0 Å². The molecule has 2 saturated heterocycles. The molecule has 1 aromatic rings. The Bertz CT molecular complexity index is 634. The van der Waals surface area contributed by atoms with E-state index in [9.17, 15) is 9.90 Å². The first-order valence-corrected chi connectivity index (χ1v) is 10.2. The van der Waals surface area contributed by atoms with Crippen LogP contribution in [0.15, 0.2) is 24.3 Å². The third kappa shape index (κ3) is 3.89. The van der Waals surface area contributed by atoms with E-state index >= 15 is 0 Å². The Morgan fingerprint density at radius 3 is 2.81 bits per heavy atom. The van der Waals surface area contributed by atoms with Crippen molar-refractivity contribution in [3.8, 4) is 0 Å². The quantitative estimate of drug-likeness (QED) is 0.863. The van der Waals surface area contributed by atoms with Gasteiger partial charge in [0.25, 0.3) is 0 Å². The van der Waals surface area contributed by atoms with Crippen molar-refractivity contribution < 1.29 is 9.90 Å². The molecule has 3 heterocycles. The number of likely N-dealkylation sites (tertiary alicyclic amines) is 1. The van der Waals surface area contributed by atoms with Gasteiger partial charge in [-0.15, -0.1) is 0 Å². The number of hydrogen-bond donors (Lipinski definition) is 2. The largest absolute Gasteiger partial charge is 0.388 e. The summed E-state index contributed by atoms with van der Waals surface area (Å²) in [7, 11) is 0. The van der Waals surface area contributed by atoms with Crippen LogP contribution in [0.5, 0.6) is 0 Å². The molecule has 1 aromatic carbocycles. The summed E-state index contributed by atoms with van der Waals surface area (Å²) in [6.07, 6.45) is 5.24. The number of aliphatic hydroxyl groups is 1. The van der Waals surface area contributed by atoms with Crippen molar-refractivity contribution in [3.05, 3.63) is 29.8 Å². The molecule has 0 saturated carbocycles. The molecule has 0 aliphatic carbocycles. The van der Waals surface area contributed by atoms with Gasteiger partial charge in [-0.25, -0.2) is 0 Å². The van der Waals surface area contributed by atoms with Crippen LogP contribution in [0.1, 0.15) is 37.7 Å². The molecule has 4 rings (SSSR count). The van der Waals surface area contributed by atoms with Crippen molar-refractivity contribution in [2.45, 2.75) is 44.1 Å². The molecule has 1 amide bonds. The molecular weight excluding hydrogens is 326 g/mol. The second-order valence-corrected chi connectivity index (χ2v) is 8.33. The monoisotopic (exact) mass is 357 g/mol. The Labute approximate surface area is 156 Å². The number of piperidine rings is 2. The maximum Gasteiger partial charge on any atom is 0.225 e. The number of benzene rings is 1. The molecule has 5 heteroatoms. The van der Waals surface area contributed by atoms with Gasteiger partial charge >= 0.3 is 0 Å². The van der Waals surface area contributed by atoms with E-state index in [2.05, 4.69) is 34.5 Å². The normalized spacial score (nSPS) is 26.8. The van der Waals surface area contributed by atoms with Crippen LogP contribution in [0.2, 0.25) is 0 Å². The molecule has 0 bridgehead atoms. The molecule has 0 aromatic heterocycles. The van der Waals surface area contributed by atoms with Gasteiger partial charge in [-0.1, -0.05) is 18.2 Å². The van der Waals surface area contributed by atoms with E-state index in [-0.39, 0.29) is 12.3 Å². The van der Waals surface area contributed by atoms with E-state index in [1.807, 2.05) is 4.90 Å². The number of para-hydroxylation sites is 1. The Hall–Kier alpha value is -1.59. The first-order chi connectivity index (χ1) is 12.6. The summed E-state index contributed by atoms with van der Waals surface area (Å²) in [5, 5.41) is 13.8. The fourth-order valence-electron chi connectivity index (χ4n) is 4.77. The zero-order chi connectivity index (χ0) is 18.0. The van der Waals surface area contributed by atoms with E-state index in [0.29, 0.717) is 12.5 Å². The fraction of sp³-hybridized carbons (Fsp3) is 0.667. The summed E-state index contributed by atoms with van der Waals surface area (Å²) in [6, 6.07) is 8.73. The first-order valence-electron chi connectivity index (χ1n) is 10.2. The highest BCUT2D eigenvalue weighted by atomic mass is 16.3. The lowest BCUT2D eigenvalue weighted by molar-refractivity contribution is -0.138. The van der Waals surface area contributed by atoms with Crippen LogP contribution in [0.25, 0.3) is 0 Å². The number of anilines is 1. The summed E-state index contributed by atoms with van der Waals surface area (Å²) in [4.78, 5) is 17.1. The Kier molecular flexibility index (Phi) is 5.18. The molecule has 142 valence electrons. The maximum absolute atomic E-state index is 12.6. The minimum absolute atomic E-state index is 0.126. The van der Waals surface area contributed by atoms with Gasteiger partial charge in [-0.05, 0) is 56.2 Å². The number of nitrogens with one attached hydrogen (secondary N) is 1. The summed E-state index contributed by atoms with van der Waals surface area (Å²) in [5.74, 6) is 0.783. The van der Waals surface area contributed by atoms with Gasteiger partial charge in [0.05, 0.1) is 12.0 Å². The van der Waals surface area contributed by atoms with Crippen LogP contribution >= 0.6 is 0 Å². The molecule has 3 aliphatic heterocycles. The zero-order valence-electron chi connectivity index (χ0n) is 15.6. The van der Waals surface area contributed by atoms with Crippen molar-refractivity contribution >= 4 is 11.6 Å². The van der Waals surface area contributed by atoms with Crippen LogP contribution in [-0.4, -0.2) is 60.8 Å². The summed E-state index contributed by atoms with van der Waals surface area (Å²) in [6.45, 7) is 5.39. The fourth-order valence-corrected chi connectivity index (χ4v) is 4.77. The molecule has 5 nitrogen and oxygen atoms in total. The number of carbonyl (C=O) groups excluding carboxylic acids is 1. The highest BCUT2D eigenvalue weighted by Crippen LogP contribution is 2.30. The number of nitrogens with zero attached hydrogens (tertiary/aromatic N) is 2. The highest BCUT2D eigenvalue weighted by molar-refractivity contribution is 5.77. The third-order valence-electron chi connectivity index (χ3n) is 6.36. The van der Waals surface area contributed by atoms with Crippen molar-refractivity contribution in [2.24, 2.45) is 5.92 Å². The molecule has 3 aliphatic rings. The van der Waals surface area contributed by atoms with Gasteiger partial charge in [-0.2, -0.15) is 0 Å². The summed E-state index contributed by atoms with van der Waals surface area (Å²) >= 11 is 0. The molecule has 0 radical (unpaired) electrons. The van der Waals surface area contributed by atoms with Crippen LogP contribution in [0.4, 0.5) is 5.69 Å². The molecule has 2 N–H and O–H groups in total. The van der Waals surface area contributed by atoms with Crippen LogP contribution in [0.3, 0.4) is 0 Å². The predicted octanol–water partition coefficient (Wildman–Crippen LogP) is 1.79. The topological polar surface area (TPSA) is 55.8 Å². The third-order valence-corrected chi connectivity index (χ3v) is 6.36. The lowest BCUT2D eigenvalue weighted by Gasteiger charge is -2.37. The number of hydrogen-bond acceptors (Lipinski definition) is 4. The summed E-state index contributed by atoms with van der Waals surface area (Å²) < 4.78 is 0. The van der Waals surface area contributed by atoms with Crippen LogP contribution in [0, 0.1) is 5.92 Å². The minimum Gasteiger partial charge on any atom is -0.388 e. The predicted molar refractivity (Wildman–Crippen MR) is 103 cm³/mol. The molecule has 2 fully saturated rings. The van der Waals surface area contributed by atoms with E-state index in [1.165, 1.54) is 11.3 Å². The number of carbonyl (C=O) groups is 1. The number of amides is 1. The Morgan fingerprint density at radius 2 is 2.04 bits per heavy atom. The SMILES string of the molecule is O=C(CC1(O)CCCNC1)N1CCC(CN2CCc3ccccc32)CC1. The van der Waals surface area contributed by atoms with E-state index in [4.69, 9.17) is 0 Å². The van der Waals surface area contributed by atoms with Crippen molar-refractivity contribution in [2.75, 3.05) is 44.2 Å². The number of rotatable bonds is 4. The highest BCUT2D eigenvalue weighted by Gasteiger charge is 2.34. The molecule has 1 unspecified atom stereocenters. The van der Waals surface area contributed by atoms with Gasteiger partial charge in [0.15, 0.2) is 0 Å². The second kappa shape index (κ2) is 7.57. The van der Waals surface area contributed by atoms with E-state index < -0.39 is 5.60 Å².